The molecule has 26 heavy (non-hydrogen) atoms. The van der Waals surface area contributed by atoms with Crippen LogP contribution in [0.5, 0.6) is 0 Å². The minimum atomic E-state index is -0.338. The molecule has 0 aliphatic carbocycles. The summed E-state index contributed by atoms with van der Waals surface area (Å²) in [4.78, 5) is 18.9. The van der Waals surface area contributed by atoms with Gasteiger partial charge in [0.15, 0.2) is 0 Å². The van der Waals surface area contributed by atoms with E-state index < -0.39 is 0 Å². The second kappa shape index (κ2) is 11.1. The number of oxazole rings is 1. The van der Waals surface area contributed by atoms with Gasteiger partial charge in [0.25, 0.3) is 0 Å². The van der Waals surface area contributed by atoms with Gasteiger partial charge in [0.2, 0.25) is 11.8 Å². The molecular formula is C17H30Cl2N4O3. The molecule has 0 spiro atoms. The summed E-state index contributed by atoms with van der Waals surface area (Å²) in [7, 11) is 0. The molecule has 3 heterocycles. The number of halogens is 2. The van der Waals surface area contributed by atoms with E-state index in [4.69, 9.17) is 9.15 Å². The molecule has 1 aromatic rings. The molecule has 0 aromatic carbocycles. The summed E-state index contributed by atoms with van der Waals surface area (Å²) in [5.74, 6) is 2.26. The summed E-state index contributed by atoms with van der Waals surface area (Å²) in [6, 6.07) is 0. The highest BCUT2D eigenvalue weighted by Crippen LogP contribution is 2.19. The minimum absolute atomic E-state index is 0. The predicted molar refractivity (Wildman–Crippen MR) is 104 cm³/mol. The highest BCUT2D eigenvalue weighted by Gasteiger charge is 2.24. The zero-order valence-corrected chi connectivity index (χ0v) is 17.1. The number of aromatic nitrogens is 1. The normalized spacial score (nSPS) is 21.5. The van der Waals surface area contributed by atoms with Crippen molar-refractivity contribution >= 4 is 30.7 Å². The van der Waals surface area contributed by atoms with Gasteiger partial charge in [-0.3, -0.25) is 9.69 Å². The van der Waals surface area contributed by atoms with Crippen molar-refractivity contribution in [3.63, 3.8) is 0 Å². The number of piperidine rings is 1. The van der Waals surface area contributed by atoms with Gasteiger partial charge in [0.05, 0.1) is 18.8 Å². The van der Waals surface area contributed by atoms with E-state index in [1.54, 1.807) is 0 Å². The lowest BCUT2D eigenvalue weighted by molar-refractivity contribution is -0.134. The maximum Gasteiger partial charge on any atom is 0.250 e. The van der Waals surface area contributed by atoms with Crippen molar-refractivity contribution in [2.75, 3.05) is 39.3 Å². The van der Waals surface area contributed by atoms with Crippen LogP contribution in [0.4, 0.5) is 0 Å². The van der Waals surface area contributed by atoms with Gasteiger partial charge >= 0.3 is 0 Å². The molecule has 0 radical (unpaired) electrons. The first-order chi connectivity index (χ1) is 11.6. The number of carbonyl (C=O) groups excluding carboxylic acids is 1. The first-order valence-corrected chi connectivity index (χ1v) is 8.87. The Morgan fingerprint density at radius 3 is 2.62 bits per heavy atom. The first kappa shape index (κ1) is 23.2. The maximum absolute atomic E-state index is 12.1. The fourth-order valence-corrected chi connectivity index (χ4v) is 3.24. The summed E-state index contributed by atoms with van der Waals surface area (Å²) < 4.78 is 11.1. The zero-order chi connectivity index (χ0) is 16.9. The average Bonchev–Trinajstić information content (AvgIpc) is 2.92. The van der Waals surface area contributed by atoms with Crippen LogP contribution in [-0.4, -0.2) is 61.2 Å². The number of nitrogens with zero attached hydrogens (tertiary/aromatic N) is 2. The Kier molecular flexibility index (Phi) is 9.89. The van der Waals surface area contributed by atoms with Gasteiger partial charge in [-0.1, -0.05) is 0 Å². The molecule has 2 aliphatic rings. The van der Waals surface area contributed by atoms with E-state index in [1.807, 2.05) is 13.8 Å². The lowest BCUT2D eigenvalue weighted by Gasteiger charge is -2.31. The summed E-state index contributed by atoms with van der Waals surface area (Å²) in [5, 5.41) is 6.23. The number of hydrogen-bond donors (Lipinski definition) is 2. The summed E-state index contributed by atoms with van der Waals surface area (Å²) in [6.45, 7) is 9.51. The van der Waals surface area contributed by atoms with Gasteiger partial charge < -0.3 is 19.8 Å². The van der Waals surface area contributed by atoms with Crippen LogP contribution in [0.1, 0.15) is 30.2 Å². The van der Waals surface area contributed by atoms with Crippen LogP contribution >= 0.6 is 24.8 Å². The van der Waals surface area contributed by atoms with Crippen molar-refractivity contribution in [3.8, 4) is 0 Å². The zero-order valence-electron chi connectivity index (χ0n) is 15.5. The van der Waals surface area contributed by atoms with Gasteiger partial charge in [0.1, 0.15) is 11.9 Å². The molecule has 2 fully saturated rings. The molecule has 1 amide bonds. The van der Waals surface area contributed by atoms with Gasteiger partial charge in [-0.2, -0.15) is 0 Å². The summed E-state index contributed by atoms with van der Waals surface area (Å²) in [5.41, 5.74) is 0.974. The molecule has 3 rings (SSSR count). The molecule has 0 saturated carbocycles. The lowest BCUT2D eigenvalue weighted by Crippen LogP contribution is -2.49. The molecule has 7 nitrogen and oxygen atoms in total. The van der Waals surface area contributed by atoms with Crippen LogP contribution in [0, 0.1) is 19.8 Å². The standard InChI is InChI=1S/C17H28N4O3.2ClH/c1-12-13(2)24-16(20-12)11-21-6-3-14(4-7-21)9-19-17(22)15-10-18-5-8-23-15;;/h14-15,18H,3-11H2,1-2H3,(H,19,22);2*1H. The summed E-state index contributed by atoms with van der Waals surface area (Å²) >= 11 is 0. The maximum atomic E-state index is 12.1. The van der Waals surface area contributed by atoms with E-state index in [0.717, 1.165) is 62.9 Å². The van der Waals surface area contributed by atoms with Crippen LogP contribution in [0.25, 0.3) is 0 Å². The van der Waals surface area contributed by atoms with Gasteiger partial charge in [-0.15, -0.1) is 24.8 Å². The number of carbonyl (C=O) groups is 1. The second-order valence-electron chi connectivity index (χ2n) is 6.78. The molecular weight excluding hydrogens is 379 g/mol. The number of aryl methyl sites for hydroxylation is 2. The van der Waals surface area contributed by atoms with E-state index in [0.29, 0.717) is 19.1 Å². The van der Waals surface area contributed by atoms with Crippen LogP contribution in [-0.2, 0) is 16.1 Å². The SMILES string of the molecule is Cc1nc(CN2CCC(CNC(=O)C3CNCCO3)CC2)oc1C.Cl.Cl. The van der Waals surface area contributed by atoms with Crippen molar-refractivity contribution in [1.29, 1.82) is 0 Å². The summed E-state index contributed by atoms with van der Waals surface area (Å²) in [6.07, 6.45) is 1.83. The molecule has 0 bridgehead atoms. The van der Waals surface area contributed by atoms with Crippen LogP contribution < -0.4 is 10.6 Å². The topological polar surface area (TPSA) is 79.6 Å². The Bertz CT molecular complexity index is 537. The van der Waals surface area contributed by atoms with Crippen molar-refractivity contribution in [2.24, 2.45) is 5.92 Å². The molecule has 150 valence electrons. The van der Waals surface area contributed by atoms with Gasteiger partial charge in [-0.25, -0.2) is 4.98 Å². The Morgan fingerprint density at radius 2 is 2.04 bits per heavy atom. The third kappa shape index (κ3) is 6.39. The van der Waals surface area contributed by atoms with E-state index in [9.17, 15) is 4.79 Å². The van der Waals surface area contributed by atoms with Crippen molar-refractivity contribution in [1.82, 2.24) is 20.5 Å². The Morgan fingerprint density at radius 1 is 1.31 bits per heavy atom. The molecule has 1 aromatic heterocycles. The number of nitrogens with one attached hydrogen (secondary N) is 2. The molecule has 1 unspecified atom stereocenters. The van der Waals surface area contributed by atoms with Crippen molar-refractivity contribution < 1.29 is 13.9 Å². The molecule has 2 N–H and O–H groups in total. The number of ether oxygens (including phenoxy) is 1. The van der Waals surface area contributed by atoms with Gasteiger partial charge in [-0.05, 0) is 45.7 Å². The number of likely N-dealkylation sites (tertiary alicyclic amines) is 1. The van der Waals surface area contributed by atoms with Crippen LogP contribution in [0.3, 0.4) is 0 Å². The third-order valence-electron chi connectivity index (χ3n) is 4.92. The Balaban J connectivity index is 0.00000169. The van der Waals surface area contributed by atoms with E-state index in [1.165, 1.54) is 0 Å². The number of morpholine rings is 1. The quantitative estimate of drug-likeness (QED) is 0.767. The monoisotopic (exact) mass is 408 g/mol. The Hall–Kier alpha value is -0.860. The molecule has 1 atom stereocenters. The molecule has 2 aliphatic heterocycles. The number of rotatable bonds is 5. The highest BCUT2D eigenvalue weighted by atomic mass is 35.5. The lowest BCUT2D eigenvalue weighted by atomic mass is 9.96. The van der Waals surface area contributed by atoms with Crippen molar-refractivity contribution in [2.45, 2.75) is 39.3 Å². The van der Waals surface area contributed by atoms with Crippen LogP contribution in [0.2, 0.25) is 0 Å². The highest BCUT2D eigenvalue weighted by molar-refractivity contribution is 5.85. The smallest absolute Gasteiger partial charge is 0.250 e. The van der Waals surface area contributed by atoms with Crippen LogP contribution in [0.15, 0.2) is 4.42 Å². The minimum Gasteiger partial charge on any atom is -0.444 e. The Labute approximate surface area is 167 Å². The van der Waals surface area contributed by atoms with E-state index >= 15 is 0 Å². The second-order valence-corrected chi connectivity index (χ2v) is 6.78. The van der Waals surface area contributed by atoms with E-state index in [2.05, 4.69) is 20.5 Å². The molecule has 9 heteroatoms. The fourth-order valence-electron chi connectivity index (χ4n) is 3.24. The fraction of sp³-hybridized carbons (Fsp3) is 0.765. The number of hydrogen-bond acceptors (Lipinski definition) is 6. The average molecular weight is 409 g/mol. The first-order valence-electron chi connectivity index (χ1n) is 8.87. The third-order valence-corrected chi connectivity index (χ3v) is 4.92. The van der Waals surface area contributed by atoms with Gasteiger partial charge in [0, 0.05) is 19.6 Å². The van der Waals surface area contributed by atoms with Crippen molar-refractivity contribution in [3.05, 3.63) is 17.3 Å². The number of amides is 1. The predicted octanol–water partition coefficient (Wildman–Crippen LogP) is 1.45. The largest absolute Gasteiger partial charge is 0.444 e. The van der Waals surface area contributed by atoms with E-state index in [-0.39, 0.29) is 36.8 Å². The molecule has 2 saturated heterocycles.